The average Bonchev–Trinajstić information content (AvgIpc) is 2.55. The van der Waals surface area contributed by atoms with Crippen molar-refractivity contribution in [2.24, 2.45) is 0 Å². The number of amides is 2. The van der Waals surface area contributed by atoms with E-state index >= 15 is 0 Å². The lowest BCUT2D eigenvalue weighted by Crippen LogP contribution is -2.61. The minimum atomic E-state index is 0.0349. The monoisotopic (exact) mass is 352 g/mol. The van der Waals surface area contributed by atoms with E-state index in [1.165, 1.54) is 38.5 Å². The molecule has 3 rings (SSSR count). The first-order valence-corrected chi connectivity index (χ1v) is 10.2. The second-order valence-electron chi connectivity index (χ2n) is 7.60. The largest absolute Gasteiger partial charge is 0.363 e. The molecule has 1 aliphatic carbocycles. The second-order valence-corrected chi connectivity index (χ2v) is 7.99. The molecule has 2 bridgehead atoms. The number of thiocarbonyl (C=S) groups is 1. The van der Waals surface area contributed by atoms with Gasteiger partial charge in [-0.15, -0.1) is 0 Å². The van der Waals surface area contributed by atoms with E-state index in [0.717, 1.165) is 37.3 Å². The number of piperidine rings is 2. The van der Waals surface area contributed by atoms with Crippen LogP contribution in [0.2, 0.25) is 0 Å². The smallest absolute Gasteiger partial charge is 0.315 e. The molecule has 0 aromatic rings. The number of rotatable bonds is 3. The molecular formula is C18H32N4OS. The predicted molar refractivity (Wildman–Crippen MR) is 101 cm³/mol. The number of nitrogens with one attached hydrogen (secondary N) is 3. The van der Waals surface area contributed by atoms with Crippen LogP contribution < -0.4 is 16.0 Å². The maximum Gasteiger partial charge on any atom is 0.315 e. The van der Waals surface area contributed by atoms with Crippen LogP contribution in [0.5, 0.6) is 0 Å². The Morgan fingerprint density at radius 3 is 2.21 bits per heavy atom. The summed E-state index contributed by atoms with van der Waals surface area (Å²) in [6, 6.07) is 1.64. The molecule has 0 aromatic carbocycles. The summed E-state index contributed by atoms with van der Waals surface area (Å²) >= 11 is 5.58. The highest BCUT2D eigenvalue weighted by Gasteiger charge is 2.39. The van der Waals surface area contributed by atoms with Gasteiger partial charge in [0, 0.05) is 30.7 Å². The van der Waals surface area contributed by atoms with Crippen LogP contribution in [0.25, 0.3) is 0 Å². The number of fused-ring (bicyclic) bond motifs is 2. The fourth-order valence-corrected chi connectivity index (χ4v) is 5.18. The molecule has 2 heterocycles. The Bertz CT molecular complexity index is 438. The molecule has 0 radical (unpaired) electrons. The molecule has 2 amide bonds. The minimum Gasteiger partial charge on any atom is -0.363 e. The van der Waals surface area contributed by atoms with E-state index in [-0.39, 0.29) is 12.1 Å². The fraction of sp³-hybridized carbons (Fsp3) is 0.889. The van der Waals surface area contributed by atoms with Crippen molar-refractivity contribution < 1.29 is 4.79 Å². The second kappa shape index (κ2) is 8.37. The van der Waals surface area contributed by atoms with Gasteiger partial charge in [-0.2, -0.15) is 0 Å². The van der Waals surface area contributed by atoms with Gasteiger partial charge in [0.25, 0.3) is 0 Å². The minimum absolute atomic E-state index is 0.0349. The predicted octanol–water partition coefficient (Wildman–Crippen LogP) is 2.90. The molecule has 3 aliphatic rings. The number of hydrogen-bond acceptors (Lipinski definition) is 2. The summed E-state index contributed by atoms with van der Waals surface area (Å²) in [5.41, 5.74) is 0. The highest BCUT2D eigenvalue weighted by molar-refractivity contribution is 7.80. The van der Waals surface area contributed by atoms with E-state index in [1.807, 2.05) is 0 Å². The molecule has 5 nitrogen and oxygen atoms in total. The van der Waals surface area contributed by atoms with E-state index in [0.29, 0.717) is 18.1 Å². The molecule has 136 valence electrons. The summed E-state index contributed by atoms with van der Waals surface area (Å²) in [6.07, 6.45) is 11.7. The molecule has 6 heteroatoms. The summed E-state index contributed by atoms with van der Waals surface area (Å²) < 4.78 is 0. The normalized spacial score (nSPS) is 30.5. The van der Waals surface area contributed by atoms with Crippen LogP contribution in [0.15, 0.2) is 0 Å². The Labute approximate surface area is 151 Å². The number of carbonyl (C=O) groups is 1. The Morgan fingerprint density at radius 1 is 0.958 bits per heavy atom. The van der Waals surface area contributed by atoms with E-state index in [9.17, 15) is 4.79 Å². The zero-order valence-corrected chi connectivity index (χ0v) is 15.7. The molecule has 3 N–H and O–H groups in total. The van der Waals surface area contributed by atoms with Gasteiger partial charge in [0.1, 0.15) is 0 Å². The Kier molecular flexibility index (Phi) is 6.19. The summed E-state index contributed by atoms with van der Waals surface area (Å²) in [5.74, 6) is 0. The summed E-state index contributed by atoms with van der Waals surface area (Å²) in [5, 5.41) is 10.6. The lowest BCUT2D eigenvalue weighted by atomic mass is 9.82. The molecule has 1 saturated carbocycles. The third-order valence-electron chi connectivity index (χ3n) is 5.81. The number of carbonyl (C=O) groups excluding carboxylic acids is 1. The van der Waals surface area contributed by atoms with Gasteiger partial charge < -0.3 is 20.9 Å². The van der Waals surface area contributed by atoms with Crippen LogP contribution in [0.4, 0.5) is 4.79 Å². The first-order chi connectivity index (χ1) is 11.7. The summed E-state index contributed by atoms with van der Waals surface area (Å²) in [6.45, 7) is 2.96. The Hall–Kier alpha value is -1.04. The van der Waals surface area contributed by atoms with E-state index in [2.05, 4.69) is 27.8 Å². The molecular weight excluding hydrogens is 320 g/mol. The third-order valence-corrected chi connectivity index (χ3v) is 6.17. The SMILES string of the molecule is CCNC(=S)N1C2CCCC1CC(NC(=O)NC1CCCCC1)C2. The van der Waals surface area contributed by atoms with E-state index < -0.39 is 0 Å². The maximum absolute atomic E-state index is 12.3. The topological polar surface area (TPSA) is 56.4 Å². The standard InChI is InChI=1S/C18H32N4OS/c1-2-19-18(24)22-15-9-6-10-16(22)12-14(11-15)21-17(23)20-13-7-4-3-5-8-13/h13-16H,2-12H2,1H3,(H,19,24)(H2,20,21,23). The van der Waals surface area contributed by atoms with Crippen molar-refractivity contribution in [2.45, 2.75) is 95.3 Å². The van der Waals surface area contributed by atoms with Gasteiger partial charge in [-0.05, 0) is 64.1 Å². The van der Waals surface area contributed by atoms with E-state index in [1.54, 1.807) is 0 Å². The average molecular weight is 353 g/mol. The van der Waals surface area contributed by atoms with Gasteiger partial charge in [-0.1, -0.05) is 19.3 Å². The zero-order valence-electron chi connectivity index (χ0n) is 14.9. The fourth-order valence-electron chi connectivity index (χ4n) is 4.73. The van der Waals surface area contributed by atoms with Gasteiger partial charge in [-0.25, -0.2) is 4.79 Å². The molecule has 0 aromatic heterocycles. The van der Waals surface area contributed by atoms with Gasteiger partial charge >= 0.3 is 6.03 Å². The number of urea groups is 1. The highest BCUT2D eigenvalue weighted by atomic mass is 32.1. The molecule has 24 heavy (non-hydrogen) atoms. The molecule has 2 atom stereocenters. The van der Waals surface area contributed by atoms with Crippen molar-refractivity contribution >= 4 is 23.4 Å². The maximum atomic E-state index is 12.3. The quantitative estimate of drug-likeness (QED) is 0.684. The van der Waals surface area contributed by atoms with Gasteiger partial charge in [-0.3, -0.25) is 0 Å². The van der Waals surface area contributed by atoms with Gasteiger partial charge in [0.2, 0.25) is 0 Å². The summed E-state index contributed by atoms with van der Waals surface area (Å²) in [7, 11) is 0. The number of hydrogen-bond donors (Lipinski definition) is 3. The van der Waals surface area contributed by atoms with Crippen molar-refractivity contribution in [2.75, 3.05) is 6.54 Å². The van der Waals surface area contributed by atoms with Gasteiger partial charge in [0.15, 0.2) is 5.11 Å². The van der Waals surface area contributed by atoms with Crippen LogP contribution in [0, 0.1) is 0 Å². The zero-order chi connectivity index (χ0) is 16.9. The highest BCUT2D eigenvalue weighted by Crippen LogP contribution is 2.34. The van der Waals surface area contributed by atoms with Crippen molar-refractivity contribution in [3.05, 3.63) is 0 Å². The van der Waals surface area contributed by atoms with Crippen LogP contribution >= 0.6 is 12.2 Å². The van der Waals surface area contributed by atoms with Gasteiger partial charge in [0.05, 0.1) is 0 Å². The molecule has 2 aliphatic heterocycles. The Morgan fingerprint density at radius 2 is 1.58 bits per heavy atom. The van der Waals surface area contributed by atoms with Crippen LogP contribution in [0.1, 0.15) is 71.1 Å². The molecule has 2 saturated heterocycles. The van der Waals surface area contributed by atoms with Crippen LogP contribution in [-0.4, -0.2) is 46.8 Å². The molecule has 0 spiro atoms. The van der Waals surface area contributed by atoms with Crippen LogP contribution in [0.3, 0.4) is 0 Å². The molecule has 2 unspecified atom stereocenters. The first kappa shape index (κ1) is 17.8. The lowest BCUT2D eigenvalue weighted by Gasteiger charge is -2.50. The Balaban J connectivity index is 1.51. The first-order valence-electron chi connectivity index (χ1n) is 9.80. The van der Waals surface area contributed by atoms with Crippen molar-refractivity contribution in [1.82, 2.24) is 20.9 Å². The van der Waals surface area contributed by atoms with Crippen molar-refractivity contribution in [1.29, 1.82) is 0 Å². The van der Waals surface area contributed by atoms with Crippen molar-refractivity contribution in [3.63, 3.8) is 0 Å². The third kappa shape index (κ3) is 4.32. The van der Waals surface area contributed by atoms with Crippen molar-refractivity contribution in [3.8, 4) is 0 Å². The molecule has 3 fully saturated rings. The lowest BCUT2D eigenvalue weighted by molar-refractivity contribution is 0.0892. The van der Waals surface area contributed by atoms with E-state index in [4.69, 9.17) is 12.2 Å². The van der Waals surface area contributed by atoms with Crippen LogP contribution in [-0.2, 0) is 0 Å². The number of nitrogens with zero attached hydrogens (tertiary/aromatic N) is 1. The summed E-state index contributed by atoms with van der Waals surface area (Å²) in [4.78, 5) is 14.8.